The standard InChI is InChI=1S/C22H28N6O2/c1-2-23-22(26-12-10-19-5-3-4-11-24-19)27-15-17-6-8-18(9-7-17)21(30)28-14-13-25-20(29)16-28/h3-9,11H,2,10,12-16H2,1H3,(H,25,29)(H2,23,26,27). The number of carbonyl (C=O) groups excluding carboxylic acids is 2. The monoisotopic (exact) mass is 408 g/mol. The molecule has 1 aliphatic heterocycles. The predicted molar refractivity (Wildman–Crippen MR) is 116 cm³/mol. The lowest BCUT2D eigenvalue weighted by Gasteiger charge is -2.26. The number of guanidine groups is 1. The van der Waals surface area contributed by atoms with Crippen LogP contribution in [-0.4, -0.2) is 60.4 Å². The number of amides is 2. The van der Waals surface area contributed by atoms with Crippen molar-refractivity contribution in [2.75, 3.05) is 32.7 Å². The van der Waals surface area contributed by atoms with Crippen LogP contribution in [0.25, 0.3) is 0 Å². The highest BCUT2D eigenvalue weighted by atomic mass is 16.2. The maximum Gasteiger partial charge on any atom is 0.254 e. The summed E-state index contributed by atoms with van der Waals surface area (Å²) in [4.78, 5) is 34.5. The van der Waals surface area contributed by atoms with Crippen molar-refractivity contribution in [1.29, 1.82) is 0 Å². The first kappa shape index (κ1) is 21.3. The number of benzene rings is 1. The zero-order valence-corrected chi connectivity index (χ0v) is 17.2. The van der Waals surface area contributed by atoms with E-state index in [0.29, 0.717) is 25.2 Å². The van der Waals surface area contributed by atoms with Gasteiger partial charge in [-0.05, 0) is 36.8 Å². The quantitative estimate of drug-likeness (QED) is 0.468. The minimum absolute atomic E-state index is 0.112. The molecule has 1 fully saturated rings. The minimum atomic E-state index is -0.121. The van der Waals surface area contributed by atoms with Gasteiger partial charge in [0.05, 0.1) is 13.1 Å². The van der Waals surface area contributed by atoms with Gasteiger partial charge >= 0.3 is 0 Å². The van der Waals surface area contributed by atoms with Crippen molar-refractivity contribution in [2.24, 2.45) is 4.99 Å². The molecule has 2 amide bonds. The Morgan fingerprint density at radius 1 is 1.20 bits per heavy atom. The Morgan fingerprint density at radius 3 is 2.73 bits per heavy atom. The van der Waals surface area contributed by atoms with Gasteiger partial charge in [0.1, 0.15) is 0 Å². The number of piperazine rings is 1. The van der Waals surface area contributed by atoms with Gasteiger partial charge in [-0.2, -0.15) is 0 Å². The van der Waals surface area contributed by atoms with E-state index in [-0.39, 0.29) is 18.4 Å². The molecule has 0 saturated carbocycles. The van der Waals surface area contributed by atoms with Crippen LogP contribution in [0.5, 0.6) is 0 Å². The molecule has 8 nitrogen and oxygen atoms in total. The van der Waals surface area contributed by atoms with Crippen LogP contribution in [0.3, 0.4) is 0 Å². The number of rotatable bonds is 7. The number of pyridine rings is 1. The molecule has 1 aromatic heterocycles. The largest absolute Gasteiger partial charge is 0.357 e. The molecule has 0 aliphatic carbocycles. The molecule has 3 N–H and O–H groups in total. The normalized spacial score (nSPS) is 14.2. The van der Waals surface area contributed by atoms with E-state index in [2.05, 4.69) is 25.9 Å². The Hall–Kier alpha value is -3.42. The van der Waals surface area contributed by atoms with Crippen molar-refractivity contribution >= 4 is 17.8 Å². The van der Waals surface area contributed by atoms with E-state index in [1.165, 1.54) is 0 Å². The summed E-state index contributed by atoms with van der Waals surface area (Å²) in [6.45, 7) is 5.18. The SMILES string of the molecule is CCNC(=NCc1ccc(C(=O)N2CCNC(=O)C2)cc1)NCCc1ccccn1. The summed E-state index contributed by atoms with van der Waals surface area (Å²) >= 11 is 0. The molecule has 0 radical (unpaired) electrons. The number of nitrogens with one attached hydrogen (secondary N) is 3. The molecule has 3 rings (SSSR count). The summed E-state index contributed by atoms with van der Waals surface area (Å²) in [5.41, 5.74) is 2.62. The van der Waals surface area contributed by atoms with Crippen LogP contribution in [0.4, 0.5) is 0 Å². The topological polar surface area (TPSA) is 98.7 Å². The lowest BCUT2D eigenvalue weighted by molar-refractivity contribution is -0.123. The number of aliphatic imine (C=N–C) groups is 1. The van der Waals surface area contributed by atoms with Gasteiger partial charge < -0.3 is 20.9 Å². The molecule has 1 aliphatic rings. The summed E-state index contributed by atoms with van der Waals surface area (Å²) in [5, 5.41) is 9.28. The highest BCUT2D eigenvalue weighted by molar-refractivity contribution is 5.97. The average Bonchev–Trinajstić information content (AvgIpc) is 2.78. The highest BCUT2D eigenvalue weighted by Gasteiger charge is 2.22. The Bertz CT molecular complexity index is 867. The molecule has 0 atom stereocenters. The average molecular weight is 409 g/mol. The van der Waals surface area contributed by atoms with Crippen LogP contribution in [0.2, 0.25) is 0 Å². The zero-order valence-electron chi connectivity index (χ0n) is 17.2. The first-order valence-electron chi connectivity index (χ1n) is 10.2. The summed E-state index contributed by atoms with van der Waals surface area (Å²) in [6, 6.07) is 13.3. The maximum absolute atomic E-state index is 12.5. The fraction of sp³-hybridized carbons (Fsp3) is 0.364. The van der Waals surface area contributed by atoms with Crippen molar-refractivity contribution in [2.45, 2.75) is 19.9 Å². The first-order chi connectivity index (χ1) is 14.7. The van der Waals surface area contributed by atoms with E-state index >= 15 is 0 Å². The van der Waals surface area contributed by atoms with E-state index in [0.717, 1.165) is 36.7 Å². The van der Waals surface area contributed by atoms with Gasteiger partial charge in [0, 0.05) is 50.1 Å². The maximum atomic E-state index is 12.5. The van der Waals surface area contributed by atoms with Crippen molar-refractivity contribution in [3.05, 3.63) is 65.5 Å². The van der Waals surface area contributed by atoms with E-state index in [1.54, 1.807) is 23.2 Å². The lowest BCUT2D eigenvalue weighted by atomic mass is 10.1. The van der Waals surface area contributed by atoms with Gasteiger partial charge in [0.15, 0.2) is 5.96 Å². The third-order valence-corrected chi connectivity index (χ3v) is 4.69. The summed E-state index contributed by atoms with van der Waals surface area (Å²) in [6.07, 6.45) is 2.61. The van der Waals surface area contributed by atoms with E-state index in [1.807, 2.05) is 37.3 Å². The second-order valence-electron chi connectivity index (χ2n) is 6.97. The molecule has 8 heteroatoms. The third-order valence-electron chi connectivity index (χ3n) is 4.69. The summed E-state index contributed by atoms with van der Waals surface area (Å²) < 4.78 is 0. The van der Waals surface area contributed by atoms with E-state index in [9.17, 15) is 9.59 Å². The van der Waals surface area contributed by atoms with E-state index < -0.39 is 0 Å². The summed E-state index contributed by atoms with van der Waals surface area (Å²) in [5.74, 6) is 0.504. The molecule has 1 saturated heterocycles. The van der Waals surface area contributed by atoms with Crippen molar-refractivity contribution < 1.29 is 9.59 Å². The molecule has 2 heterocycles. The second-order valence-corrected chi connectivity index (χ2v) is 6.97. The summed E-state index contributed by atoms with van der Waals surface area (Å²) in [7, 11) is 0. The number of aromatic nitrogens is 1. The fourth-order valence-corrected chi connectivity index (χ4v) is 3.11. The molecular weight excluding hydrogens is 380 g/mol. The minimum Gasteiger partial charge on any atom is -0.357 e. The first-order valence-corrected chi connectivity index (χ1v) is 10.2. The Balaban J connectivity index is 1.53. The van der Waals surface area contributed by atoms with Crippen LogP contribution in [0.15, 0.2) is 53.7 Å². The van der Waals surface area contributed by atoms with Gasteiger partial charge in [0.25, 0.3) is 5.91 Å². The Kier molecular flexibility index (Phi) is 7.77. The highest BCUT2D eigenvalue weighted by Crippen LogP contribution is 2.10. The second kappa shape index (κ2) is 10.9. The van der Waals surface area contributed by atoms with Crippen molar-refractivity contribution in [3.63, 3.8) is 0 Å². The molecule has 0 spiro atoms. The van der Waals surface area contributed by atoms with Crippen LogP contribution >= 0.6 is 0 Å². The van der Waals surface area contributed by atoms with Gasteiger partial charge in [-0.25, -0.2) is 4.99 Å². The van der Waals surface area contributed by atoms with Crippen molar-refractivity contribution in [3.8, 4) is 0 Å². The molecule has 0 bridgehead atoms. The molecule has 0 unspecified atom stereocenters. The van der Waals surface area contributed by atoms with Crippen molar-refractivity contribution in [1.82, 2.24) is 25.8 Å². The van der Waals surface area contributed by atoms with Gasteiger partial charge in [-0.3, -0.25) is 14.6 Å². The van der Waals surface area contributed by atoms with Gasteiger partial charge in [-0.15, -0.1) is 0 Å². The number of nitrogens with zero attached hydrogens (tertiary/aromatic N) is 3. The molecule has 1 aromatic carbocycles. The van der Waals surface area contributed by atoms with Crippen LogP contribution in [-0.2, 0) is 17.8 Å². The number of hydrogen-bond donors (Lipinski definition) is 3. The molecule has 2 aromatic rings. The third kappa shape index (κ3) is 6.30. The number of hydrogen-bond acceptors (Lipinski definition) is 4. The predicted octanol–water partition coefficient (Wildman–Crippen LogP) is 0.951. The van der Waals surface area contributed by atoms with Crippen LogP contribution < -0.4 is 16.0 Å². The van der Waals surface area contributed by atoms with Crippen LogP contribution in [0.1, 0.15) is 28.5 Å². The smallest absolute Gasteiger partial charge is 0.254 e. The van der Waals surface area contributed by atoms with Gasteiger partial charge in [-0.1, -0.05) is 18.2 Å². The van der Waals surface area contributed by atoms with E-state index in [4.69, 9.17) is 0 Å². The molecular formula is C22H28N6O2. The van der Waals surface area contributed by atoms with Gasteiger partial charge in [0.2, 0.25) is 5.91 Å². The zero-order chi connectivity index (χ0) is 21.2. The Morgan fingerprint density at radius 2 is 2.03 bits per heavy atom. The number of carbonyl (C=O) groups is 2. The Labute approximate surface area is 176 Å². The lowest BCUT2D eigenvalue weighted by Crippen LogP contribution is -2.49. The fourth-order valence-electron chi connectivity index (χ4n) is 3.11. The molecule has 158 valence electrons. The van der Waals surface area contributed by atoms with Crippen LogP contribution in [0, 0.1) is 0 Å². The molecule has 30 heavy (non-hydrogen) atoms.